The van der Waals surface area contributed by atoms with Crippen LogP contribution in [0.4, 0.5) is 0 Å². The van der Waals surface area contributed by atoms with E-state index in [9.17, 15) is 34.2 Å². The molecular weight excluding hydrogens is 1370 g/mol. The maximum atomic E-state index is 15.7. The van der Waals surface area contributed by atoms with E-state index in [4.69, 9.17) is 0 Å². The molecule has 26 nitrogen and oxygen atoms in total. The average Bonchev–Trinajstić information content (AvgIpc) is 0.806. The predicted molar refractivity (Wildman–Crippen MR) is 417 cm³/mol. The Morgan fingerprint density at radius 2 is 0.925 bits per heavy atom. The maximum absolute atomic E-state index is 15.7. The zero-order valence-corrected chi connectivity index (χ0v) is 70.2. The van der Waals surface area contributed by atoms with E-state index in [1.54, 1.807) is 47.6 Å². The standard InChI is InChI=1S/C79H138N12O14S/c1-28-58-74(100)88(25)63(44-106-38-30-29-37-92)77(103)84(21)60(40-46(4)5)70(96)83-64(49(10)11)78(104)85(22)59(39-45(2)3)69(95)80-54(19)68(94)81-55(20)72(98)86(23)61(41-47(6)7)75(101)87(24)62(42-48(8)9)76(102)89(26)65(50(12)13)79(105)90(27)66(71(97)82-58)67(93)53(18)33-31-34-56-35-32-36-57(43-56)73(99)91(51(14)15)52(16)17/h32,35-36,43,45-55,58-67,92-93H,28-31,33-34,37-42,44H2,1-27H3,(H,80,95)(H,81,94)(H,82,97)(H,83,96)/t53-,54+,55-,58+,59+,60+,61+,62+,63-,64+,65+,66+,67-/m1/s1. The first-order chi connectivity index (χ1) is 49.2. The Bertz CT molecular complexity index is 3070. The van der Waals surface area contributed by atoms with Crippen LogP contribution in [0.15, 0.2) is 24.3 Å². The molecule has 0 radical (unpaired) electrons. The number of hydrogen-bond acceptors (Lipinski definition) is 15. The van der Waals surface area contributed by atoms with Crippen LogP contribution in [0.25, 0.3) is 0 Å². The van der Waals surface area contributed by atoms with Gasteiger partial charge in [0.2, 0.25) is 65.0 Å². The van der Waals surface area contributed by atoms with Gasteiger partial charge in [-0.15, -0.1) is 0 Å². The van der Waals surface area contributed by atoms with E-state index in [-0.39, 0.29) is 86.1 Å². The molecule has 1 fully saturated rings. The van der Waals surface area contributed by atoms with Crippen molar-refractivity contribution in [3.8, 4) is 0 Å². The summed E-state index contributed by atoms with van der Waals surface area (Å²) in [5, 5.41) is 33.7. The Labute approximate surface area is 639 Å². The van der Waals surface area contributed by atoms with Gasteiger partial charge in [-0.25, -0.2) is 0 Å². The quantitative estimate of drug-likeness (QED) is 0.0542. The maximum Gasteiger partial charge on any atom is 0.254 e. The summed E-state index contributed by atoms with van der Waals surface area (Å²) < 4.78 is 0. The van der Waals surface area contributed by atoms with Crippen LogP contribution in [0.3, 0.4) is 0 Å². The number of aryl methyl sites for hydroxylation is 1. The van der Waals surface area contributed by atoms with Crippen LogP contribution in [0.1, 0.15) is 212 Å². The molecule has 2 rings (SSSR count). The summed E-state index contributed by atoms with van der Waals surface area (Å²) in [5.41, 5.74) is 1.40. The number of aliphatic hydroxyl groups is 2. The van der Waals surface area contributed by atoms with Crippen molar-refractivity contribution >= 4 is 82.6 Å². The van der Waals surface area contributed by atoms with Crippen LogP contribution in [0.5, 0.6) is 0 Å². The third-order valence-corrected chi connectivity index (χ3v) is 21.4. The van der Waals surface area contributed by atoms with Crippen LogP contribution < -0.4 is 21.3 Å². The zero-order chi connectivity index (χ0) is 81.4. The first-order valence-electron chi connectivity index (χ1n) is 38.6. The van der Waals surface area contributed by atoms with Gasteiger partial charge in [-0.05, 0) is 171 Å². The number of unbranched alkanes of at least 4 members (excludes halogenated alkanes) is 1. The smallest absolute Gasteiger partial charge is 0.254 e. The highest BCUT2D eigenvalue weighted by Crippen LogP contribution is 2.28. The minimum absolute atomic E-state index is 0.0112. The molecule has 1 aromatic carbocycles. The molecule has 0 unspecified atom stereocenters. The summed E-state index contributed by atoms with van der Waals surface area (Å²) in [6.07, 6.45) is 1.15. The monoisotopic (exact) mass is 1510 g/mol. The van der Waals surface area contributed by atoms with Crippen molar-refractivity contribution in [2.75, 3.05) is 67.4 Å². The first kappa shape index (κ1) is 95.2. The summed E-state index contributed by atoms with van der Waals surface area (Å²) in [4.78, 5) is 190. The Kier molecular flexibility index (Phi) is 40.0. The third-order valence-electron chi connectivity index (χ3n) is 20.3. The lowest BCUT2D eigenvalue weighted by Crippen LogP contribution is -2.64. The molecule has 12 amide bonds. The number of nitrogens with zero attached hydrogens (tertiary/aromatic N) is 8. The molecule has 0 aliphatic carbocycles. The Morgan fingerprint density at radius 1 is 0.481 bits per heavy atom. The number of thioether (sulfide) groups is 1. The summed E-state index contributed by atoms with van der Waals surface area (Å²) in [5.74, 6) is -9.96. The fraction of sp³-hybridized carbons (Fsp3) is 0.772. The molecule has 13 atom stereocenters. The minimum Gasteiger partial charge on any atom is -0.396 e. The lowest BCUT2D eigenvalue weighted by Gasteiger charge is -2.41. The van der Waals surface area contributed by atoms with Gasteiger partial charge in [-0.3, -0.25) is 57.5 Å². The molecule has 1 heterocycles. The van der Waals surface area contributed by atoms with E-state index >= 15 is 33.6 Å². The van der Waals surface area contributed by atoms with Gasteiger partial charge in [0.05, 0.1) is 6.10 Å². The topological polar surface area (TPSA) is 319 Å². The number of rotatable bonds is 26. The van der Waals surface area contributed by atoms with Crippen molar-refractivity contribution in [3.63, 3.8) is 0 Å². The van der Waals surface area contributed by atoms with Crippen molar-refractivity contribution in [2.24, 2.45) is 41.4 Å². The zero-order valence-electron chi connectivity index (χ0n) is 69.4. The van der Waals surface area contributed by atoms with E-state index in [1.165, 1.54) is 104 Å². The highest BCUT2D eigenvalue weighted by Gasteiger charge is 2.47. The number of benzene rings is 1. The molecular formula is C79H138N12O14S. The molecule has 0 spiro atoms. The Morgan fingerprint density at radius 3 is 1.41 bits per heavy atom. The van der Waals surface area contributed by atoms with Crippen molar-refractivity contribution in [1.82, 2.24) is 60.5 Å². The summed E-state index contributed by atoms with van der Waals surface area (Å²) in [7, 11) is 10.0. The van der Waals surface area contributed by atoms with E-state index in [1.807, 2.05) is 106 Å². The van der Waals surface area contributed by atoms with Crippen molar-refractivity contribution in [1.29, 1.82) is 0 Å². The summed E-state index contributed by atoms with van der Waals surface area (Å²) in [6.45, 7) is 35.9. The highest BCUT2D eigenvalue weighted by molar-refractivity contribution is 7.99. The molecule has 1 aromatic rings. The van der Waals surface area contributed by atoms with E-state index in [2.05, 4.69) is 21.3 Å². The van der Waals surface area contributed by atoms with Crippen LogP contribution in [0, 0.1) is 41.4 Å². The fourth-order valence-electron chi connectivity index (χ4n) is 13.9. The molecule has 27 heteroatoms. The number of nitrogens with one attached hydrogen (secondary N) is 4. The second-order valence-electron chi connectivity index (χ2n) is 32.5. The SMILES string of the molecule is CC[C@@H]1NC(=O)[C@H]([C@H](O)[C@H](C)CCCc2cccc(C(=O)N(C(C)C)C(C)C)c2)N(C)C(=O)[C@H](C(C)C)N(C)C(=O)[C@H](CC(C)C)N(C)C(=O)[C@H](CC(C)C)N(C)C(=O)[C@@H](C)NC(=O)[C@H](C)NC(=O)[C@H](CC(C)C)N(C)C(=O)[C@H](C(C)C)NC(=O)[C@H](CC(C)C)N(C)C(=O)[C@@H](CSCCCCO)N(C)C1=O. The molecule has 1 aliphatic heterocycles. The molecule has 6 N–H and O–H groups in total. The second-order valence-corrected chi connectivity index (χ2v) is 33.7. The molecule has 1 aliphatic rings. The lowest BCUT2D eigenvalue weighted by molar-refractivity contribution is -0.157. The first-order valence-corrected chi connectivity index (χ1v) is 39.8. The number of amides is 12. The Hall–Kier alpha value is -6.87. The third kappa shape index (κ3) is 27.1. The summed E-state index contributed by atoms with van der Waals surface area (Å²) in [6, 6.07) is -6.93. The van der Waals surface area contributed by atoms with Crippen LogP contribution >= 0.6 is 11.8 Å². The molecule has 106 heavy (non-hydrogen) atoms. The molecule has 0 aromatic heterocycles. The van der Waals surface area contributed by atoms with Gasteiger partial charge in [0.1, 0.15) is 66.5 Å². The molecule has 604 valence electrons. The summed E-state index contributed by atoms with van der Waals surface area (Å²) >= 11 is 1.35. The van der Waals surface area contributed by atoms with Gasteiger partial charge >= 0.3 is 0 Å². The fourth-order valence-corrected chi connectivity index (χ4v) is 15.0. The van der Waals surface area contributed by atoms with Gasteiger partial charge in [0, 0.05) is 79.3 Å². The highest BCUT2D eigenvalue weighted by atomic mass is 32.2. The molecule has 1 saturated heterocycles. The van der Waals surface area contributed by atoms with Gasteiger partial charge in [-0.1, -0.05) is 109 Å². The lowest BCUT2D eigenvalue weighted by atomic mass is 9.89. The van der Waals surface area contributed by atoms with Crippen LogP contribution in [-0.2, 0) is 59.2 Å². The van der Waals surface area contributed by atoms with Crippen LogP contribution in [-0.4, -0.2) is 272 Å². The van der Waals surface area contributed by atoms with Crippen LogP contribution in [0.2, 0.25) is 0 Å². The van der Waals surface area contributed by atoms with Gasteiger partial charge in [-0.2, -0.15) is 11.8 Å². The number of carbonyl (C=O) groups excluding carboxylic acids is 12. The minimum atomic E-state index is -1.71. The van der Waals surface area contributed by atoms with Gasteiger partial charge in [0.15, 0.2) is 0 Å². The normalized spacial score (nSPS) is 24.6. The predicted octanol–water partition coefficient (Wildman–Crippen LogP) is 6.46. The number of aliphatic hydroxyl groups excluding tert-OH is 2. The van der Waals surface area contributed by atoms with E-state index in [0.717, 1.165) is 10.5 Å². The number of hydrogen-bond donors (Lipinski definition) is 6. The number of carbonyl (C=O) groups is 12. The number of likely N-dealkylation sites (N-methyl/N-ethyl adjacent to an activating group) is 7. The van der Waals surface area contributed by atoms with E-state index < -0.39 is 155 Å². The largest absolute Gasteiger partial charge is 0.396 e. The average molecular weight is 1510 g/mol. The Balaban J connectivity index is 3.14. The van der Waals surface area contributed by atoms with Crippen molar-refractivity contribution in [3.05, 3.63) is 35.4 Å². The van der Waals surface area contributed by atoms with Crippen molar-refractivity contribution in [2.45, 2.75) is 287 Å². The van der Waals surface area contributed by atoms with E-state index in [0.29, 0.717) is 43.4 Å². The van der Waals surface area contributed by atoms with Gasteiger partial charge < -0.3 is 70.7 Å². The molecule has 0 saturated carbocycles. The molecule has 0 bridgehead atoms. The van der Waals surface area contributed by atoms with Crippen molar-refractivity contribution < 1.29 is 67.7 Å². The van der Waals surface area contributed by atoms with Gasteiger partial charge in [0.25, 0.3) is 5.91 Å². The second kappa shape index (κ2) is 44.6.